The summed E-state index contributed by atoms with van der Waals surface area (Å²) in [4.78, 5) is 12.3. The molecule has 1 aromatic rings. The van der Waals surface area contributed by atoms with E-state index in [9.17, 15) is 4.79 Å². The number of carbonyl (C=O) groups excluding carboxylic acids is 1. The number of rotatable bonds is 4. The molecule has 1 aliphatic heterocycles. The number of benzene rings is 1. The van der Waals surface area contributed by atoms with E-state index in [1.165, 1.54) is 0 Å². The summed E-state index contributed by atoms with van der Waals surface area (Å²) in [5, 5.41) is 0. The van der Waals surface area contributed by atoms with Crippen molar-refractivity contribution in [3.8, 4) is 0 Å². The van der Waals surface area contributed by atoms with Gasteiger partial charge in [0.15, 0.2) is 0 Å². The van der Waals surface area contributed by atoms with Crippen LogP contribution in [0.1, 0.15) is 44.0 Å². The first kappa shape index (κ1) is 15.1. The molecule has 1 fully saturated rings. The predicted octanol–water partition coefficient (Wildman–Crippen LogP) is 2.40. The van der Waals surface area contributed by atoms with Crippen LogP contribution in [0.25, 0.3) is 0 Å². The molecule has 1 aromatic carbocycles. The molecule has 0 spiro atoms. The molecule has 2 rings (SSSR count). The molecule has 1 unspecified atom stereocenters. The van der Waals surface area contributed by atoms with Gasteiger partial charge in [0.05, 0.1) is 17.7 Å². The Labute approximate surface area is 122 Å². The van der Waals surface area contributed by atoms with Crippen molar-refractivity contribution in [1.29, 1.82) is 0 Å². The van der Waals surface area contributed by atoms with Gasteiger partial charge in [-0.3, -0.25) is 0 Å². The van der Waals surface area contributed by atoms with E-state index in [1.54, 1.807) is 12.1 Å². The van der Waals surface area contributed by atoms with Crippen molar-refractivity contribution >= 4 is 13.8 Å². The Morgan fingerprint density at radius 2 is 2.00 bits per heavy atom. The van der Waals surface area contributed by atoms with Gasteiger partial charge in [-0.25, -0.2) is 4.79 Å². The predicted molar refractivity (Wildman–Crippen MR) is 81.5 cm³/mol. The van der Waals surface area contributed by atoms with Crippen LogP contribution in [0, 0.1) is 5.41 Å². The van der Waals surface area contributed by atoms with E-state index in [1.807, 2.05) is 26.0 Å². The highest BCUT2D eigenvalue weighted by Crippen LogP contribution is 2.44. The molecule has 4 heteroatoms. The SMILES string of the molecule is B[C@@H]1OC(CC)[C@](C)(CC)[C@H]1OC(=O)c1ccccc1. The highest BCUT2D eigenvalue weighted by atomic mass is 16.6. The summed E-state index contributed by atoms with van der Waals surface area (Å²) in [6, 6.07) is 9.09. The van der Waals surface area contributed by atoms with Crippen molar-refractivity contribution in [3.63, 3.8) is 0 Å². The van der Waals surface area contributed by atoms with Gasteiger partial charge in [-0.15, -0.1) is 0 Å². The number of ether oxygens (including phenoxy) is 2. The maximum absolute atomic E-state index is 12.3. The van der Waals surface area contributed by atoms with Crippen molar-refractivity contribution in [1.82, 2.24) is 0 Å². The van der Waals surface area contributed by atoms with Crippen molar-refractivity contribution in [3.05, 3.63) is 35.9 Å². The van der Waals surface area contributed by atoms with Crippen molar-refractivity contribution in [2.45, 2.75) is 51.8 Å². The van der Waals surface area contributed by atoms with Crippen LogP contribution in [0.2, 0.25) is 0 Å². The zero-order chi connectivity index (χ0) is 14.8. The van der Waals surface area contributed by atoms with Gasteiger partial charge in [0.1, 0.15) is 14.0 Å². The van der Waals surface area contributed by atoms with E-state index in [0.717, 1.165) is 12.8 Å². The van der Waals surface area contributed by atoms with Gasteiger partial charge in [-0.1, -0.05) is 39.0 Å². The fraction of sp³-hybridized carbons (Fsp3) is 0.562. The van der Waals surface area contributed by atoms with Crippen LogP contribution < -0.4 is 0 Å². The van der Waals surface area contributed by atoms with Crippen molar-refractivity contribution < 1.29 is 14.3 Å². The molecule has 108 valence electrons. The molecule has 1 heterocycles. The Bertz CT molecular complexity index is 462. The maximum Gasteiger partial charge on any atom is 0.338 e. The van der Waals surface area contributed by atoms with Crippen molar-refractivity contribution in [2.75, 3.05) is 0 Å². The third kappa shape index (κ3) is 2.62. The van der Waals surface area contributed by atoms with Gasteiger partial charge in [-0.05, 0) is 25.0 Å². The summed E-state index contributed by atoms with van der Waals surface area (Å²) in [6.45, 7) is 6.41. The number of hydrogen-bond donors (Lipinski definition) is 0. The van der Waals surface area contributed by atoms with Gasteiger partial charge in [0.25, 0.3) is 0 Å². The molecule has 0 radical (unpaired) electrons. The number of esters is 1. The van der Waals surface area contributed by atoms with E-state index in [2.05, 4.69) is 20.8 Å². The number of hydrogen-bond acceptors (Lipinski definition) is 3. The smallest absolute Gasteiger partial charge is 0.338 e. The fourth-order valence-electron chi connectivity index (χ4n) is 3.18. The second kappa shape index (κ2) is 6.00. The molecule has 3 nitrogen and oxygen atoms in total. The summed E-state index contributed by atoms with van der Waals surface area (Å²) >= 11 is 0. The van der Waals surface area contributed by atoms with E-state index in [4.69, 9.17) is 9.47 Å². The highest BCUT2D eigenvalue weighted by molar-refractivity contribution is 6.12. The van der Waals surface area contributed by atoms with Gasteiger partial charge in [0.2, 0.25) is 0 Å². The minimum Gasteiger partial charge on any atom is -0.456 e. The molecular formula is C16H23BO3. The van der Waals surface area contributed by atoms with E-state index >= 15 is 0 Å². The van der Waals surface area contributed by atoms with Crippen molar-refractivity contribution in [2.24, 2.45) is 5.41 Å². The normalized spacial score (nSPS) is 33.0. The zero-order valence-corrected chi connectivity index (χ0v) is 12.8. The minimum atomic E-state index is -0.262. The lowest BCUT2D eigenvalue weighted by Crippen LogP contribution is -2.41. The van der Waals surface area contributed by atoms with Crippen LogP contribution in [0.15, 0.2) is 30.3 Å². The second-order valence-electron chi connectivity index (χ2n) is 5.79. The van der Waals surface area contributed by atoms with E-state index < -0.39 is 0 Å². The summed E-state index contributed by atoms with van der Waals surface area (Å²) in [7, 11) is 1.99. The van der Waals surface area contributed by atoms with Crippen LogP contribution in [0.4, 0.5) is 0 Å². The molecular weight excluding hydrogens is 251 g/mol. The first-order valence-electron chi connectivity index (χ1n) is 7.44. The topological polar surface area (TPSA) is 35.5 Å². The molecule has 0 N–H and O–H groups in total. The van der Waals surface area contributed by atoms with Gasteiger partial charge >= 0.3 is 5.97 Å². The Morgan fingerprint density at radius 1 is 1.35 bits per heavy atom. The molecule has 0 aromatic heterocycles. The van der Waals surface area contributed by atoms with Crippen LogP contribution in [-0.2, 0) is 9.47 Å². The van der Waals surface area contributed by atoms with Crippen LogP contribution in [0.5, 0.6) is 0 Å². The highest BCUT2D eigenvalue weighted by Gasteiger charge is 2.51. The molecule has 0 bridgehead atoms. The van der Waals surface area contributed by atoms with Gasteiger partial charge < -0.3 is 9.47 Å². The molecule has 1 saturated heterocycles. The van der Waals surface area contributed by atoms with Gasteiger partial charge in [0, 0.05) is 5.41 Å². The third-order valence-electron chi connectivity index (χ3n) is 4.57. The average molecular weight is 274 g/mol. The van der Waals surface area contributed by atoms with Crippen LogP contribution in [-0.4, -0.2) is 32.0 Å². The molecule has 20 heavy (non-hydrogen) atoms. The quantitative estimate of drug-likeness (QED) is 0.624. The first-order valence-corrected chi connectivity index (χ1v) is 7.44. The Kier molecular flexibility index (Phi) is 4.54. The zero-order valence-electron chi connectivity index (χ0n) is 12.8. The standard InChI is InChI=1S/C16H23BO3/c1-4-12-16(3,5-2)13(14(17)19-12)20-15(18)11-9-7-6-8-10-11/h6-10,12-14H,4-5,17H2,1-3H3/t12?,13-,14+,16-/m0/s1. The molecule has 0 amide bonds. The Balaban J connectivity index is 2.17. The minimum absolute atomic E-state index is 0.0578. The average Bonchev–Trinajstić information content (AvgIpc) is 2.72. The first-order chi connectivity index (χ1) is 9.52. The second-order valence-corrected chi connectivity index (χ2v) is 5.79. The lowest BCUT2D eigenvalue weighted by molar-refractivity contribution is -0.00408. The van der Waals surface area contributed by atoms with Gasteiger partial charge in [-0.2, -0.15) is 0 Å². The van der Waals surface area contributed by atoms with E-state index in [0.29, 0.717) is 5.56 Å². The Hall–Kier alpha value is -1.29. The Morgan fingerprint density at radius 3 is 2.55 bits per heavy atom. The molecule has 0 saturated carbocycles. The van der Waals surface area contributed by atoms with Crippen LogP contribution >= 0.6 is 0 Å². The number of carbonyl (C=O) groups is 1. The summed E-state index contributed by atoms with van der Waals surface area (Å²) in [5.41, 5.74) is 0.483. The van der Waals surface area contributed by atoms with E-state index in [-0.39, 0.29) is 29.6 Å². The summed E-state index contributed by atoms with van der Waals surface area (Å²) in [5.74, 6) is -0.262. The third-order valence-corrected chi connectivity index (χ3v) is 4.57. The maximum atomic E-state index is 12.3. The summed E-state index contributed by atoms with van der Waals surface area (Å²) in [6.07, 6.45) is 1.83. The summed E-state index contributed by atoms with van der Waals surface area (Å²) < 4.78 is 11.8. The molecule has 1 aliphatic rings. The lowest BCUT2D eigenvalue weighted by Gasteiger charge is -2.33. The monoisotopic (exact) mass is 274 g/mol. The largest absolute Gasteiger partial charge is 0.456 e. The van der Waals surface area contributed by atoms with Crippen LogP contribution in [0.3, 0.4) is 0 Å². The lowest BCUT2D eigenvalue weighted by atomic mass is 9.73. The molecule has 0 aliphatic carbocycles. The fourth-order valence-corrected chi connectivity index (χ4v) is 3.18. The molecule has 4 atom stereocenters.